The smallest absolute Gasteiger partial charge is 0.416 e. The Hall–Kier alpha value is -1.63. The van der Waals surface area contributed by atoms with Gasteiger partial charge in [-0.15, -0.1) is 0 Å². The van der Waals surface area contributed by atoms with Crippen LogP contribution in [-0.4, -0.2) is 12.5 Å². The van der Waals surface area contributed by atoms with E-state index >= 15 is 0 Å². The fourth-order valence-electron chi connectivity index (χ4n) is 1.72. The number of benzene rings is 2. The Labute approximate surface area is 150 Å². The number of halogens is 6. The maximum absolute atomic E-state index is 12.7. The van der Waals surface area contributed by atoms with Crippen LogP contribution < -0.4 is 10.1 Å². The summed E-state index contributed by atoms with van der Waals surface area (Å²) >= 11 is 17.5. The number of nitrogens with one attached hydrogen (secondary N) is 1. The van der Waals surface area contributed by atoms with Gasteiger partial charge in [0.05, 0.1) is 21.3 Å². The van der Waals surface area contributed by atoms with E-state index in [2.05, 4.69) is 5.32 Å². The molecule has 0 fully saturated rings. The molecule has 1 amide bonds. The highest BCUT2D eigenvalue weighted by atomic mass is 35.5. The van der Waals surface area contributed by atoms with Crippen molar-refractivity contribution in [2.45, 2.75) is 6.18 Å². The van der Waals surface area contributed by atoms with Gasteiger partial charge in [0.2, 0.25) is 0 Å². The van der Waals surface area contributed by atoms with Crippen LogP contribution in [-0.2, 0) is 11.0 Å². The topological polar surface area (TPSA) is 38.3 Å². The van der Waals surface area contributed by atoms with E-state index in [0.29, 0.717) is 0 Å². The van der Waals surface area contributed by atoms with Gasteiger partial charge in [0.15, 0.2) is 6.61 Å². The number of hydrogen-bond donors (Lipinski definition) is 1. The summed E-state index contributed by atoms with van der Waals surface area (Å²) in [7, 11) is 0. The molecule has 24 heavy (non-hydrogen) atoms. The van der Waals surface area contributed by atoms with Crippen LogP contribution in [0.4, 0.5) is 18.9 Å². The molecule has 128 valence electrons. The number of rotatable bonds is 4. The molecule has 2 aromatic carbocycles. The molecule has 0 atom stereocenters. The van der Waals surface area contributed by atoms with E-state index in [1.54, 1.807) is 12.1 Å². The standard InChI is InChI=1S/C15H9Cl3F3NO2/c16-9-5-4-8(15(19,20)21)6-11(9)22-13(23)7-24-12-3-1-2-10(17)14(12)18/h1-6H,7H2,(H,22,23). The van der Waals surface area contributed by atoms with Crippen molar-refractivity contribution in [3.63, 3.8) is 0 Å². The lowest BCUT2D eigenvalue weighted by atomic mass is 10.2. The summed E-state index contributed by atoms with van der Waals surface area (Å²) in [6.45, 7) is -0.480. The fourth-order valence-corrected chi connectivity index (χ4v) is 2.23. The first-order valence-electron chi connectivity index (χ1n) is 6.42. The molecular formula is C15H9Cl3F3NO2. The lowest BCUT2D eigenvalue weighted by Gasteiger charge is -2.12. The third-order valence-corrected chi connectivity index (χ3v) is 3.97. The number of carbonyl (C=O) groups is 1. The number of ether oxygens (including phenoxy) is 1. The molecule has 0 aromatic heterocycles. The monoisotopic (exact) mass is 397 g/mol. The zero-order valence-electron chi connectivity index (χ0n) is 11.8. The van der Waals surface area contributed by atoms with Gasteiger partial charge in [-0.3, -0.25) is 4.79 Å². The van der Waals surface area contributed by atoms with Crippen molar-refractivity contribution in [2.24, 2.45) is 0 Å². The van der Waals surface area contributed by atoms with Crippen molar-refractivity contribution >= 4 is 46.4 Å². The third-order valence-electron chi connectivity index (χ3n) is 2.84. The quantitative estimate of drug-likeness (QED) is 0.719. The van der Waals surface area contributed by atoms with Gasteiger partial charge in [-0.2, -0.15) is 13.2 Å². The molecule has 2 aromatic rings. The molecule has 0 aliphatic carbocycles. The van der Waals surface area contributed by atoms with Crippen LogP contribution in [0.25, 0.3) is 0 Å². The number of alkyl halides is 3. The Bertz CT molecular complexity index is 766. The van der Waals surface area contributed by atoms with Crippen LogP contribution >= 0.6 is 34.8 Å². The lowest BCUT2D eigenvalue weighted by molar-refractivity contribution is -0.137. The second kappa shape index (κ2) is 7.51. The molecule has 0 spiro atoms. The van der Waals surface area contributed by atoms with E-state index in [1.807, 2.05) is 0 Å². The zero-order chi connectivity index (χ0) is 17.9. The summed E-state index contributed by atoms with van der Waals surface area (Å²) in [6.07, 6.45) is -4.55. The summed E-state index contributed by atoms with van der Waals surface area (Å²) in [5, 5.41) is 2.60. The molecule has 0 saturated carbocycles. The predicted octanol–water partition coefficient (Wildman–Crippen LogP) is 5.68. The van der Waals surface area contributed by atoms with E-state index in [-0.39, 0.29) is 26.5 Å². The number of anilines is 1. The summed E-state index contributed by atoms with van der Waals surface area (Å²) in [6, 6.07) is 7.23. The maximum Gasteiger partial charge on any atom is 0.416 e. The minimum Gasteiger partial charge on any atom is -0.482 e. The van der Waals surface area contributed by atoms with Gasteiger partial charge in [-0.1, -0.05) is 40.9 Å². The van der Waals surface area contributed by atoms with E-state index in [9.17, 15) is 18.0 Å². The van der Waals surface area contributed by atoms with Gasteiger partial charge in [-0.05, 0) is 30.3 Å². The van der Waals surface area contributed by atoms with E-state index in [4.69, 9.17) is 39.5 Å². The molecule has 0 unspecified atom stereocenters. The van der Waals surface area contributed by atoms with Crippen molar-refractivity contribution in [2.75, 3.05) is 11.9 Å². The molecule has 1 N–H and O–H groups in total. The van der Waals surface area contributed by atoms with Gasteiger partial charge in [0.1, 0.15) is 10.8 Å². The van der Waals surface area contributed by atoms with Gasteiger partial charge < -0.3 is 10.1 Å². The number of amides is 1. The summed E-state index contributed by atoms with van der Waals surface area (Å²) in [5.74, 6) is -0.526. The second-order valence-corrected chi connectivity index (χ2v) is 5.77. The second-order valence-electron chi connectivity index (χ2n) is 4.58. The number of carbonyl (C=O) groups excluding carboxylic acids is 1. The van der Waals surface area contributed by atoms with Gasteiger partial charge in [0, 0.05) is 0 Å². The van der Waals surface area contributed by atoms with Gasteiger partial charge in [-0.25, -0.2) is 0 Å². The first-order valence-corrected chi connectivity index (χ1v) is 7.55. The molecule has 0 heterocycles. The average molecular weight is 399 g/mol. The van der Waals surface area contributed by atoms with Crippen molar-refractivity contribution in [1.29, 1.82) is 0 Å². The molecule has 0 bridgehead atoms. The predicted molar refractivity (Wildman–Crippen MR) is 87.0 cm³/mol. The van der Waals surface area contributed by atoms with Crippen LogP contribution in [0.3, 0.4) is 0 Å². The highest BCUT2D eigenvalue weighted by molar-refractivity contribution is 6.42. The lowest BCUT2D eigenvalue weighted by Crippen LogP contribution is -2.21. The molecule has 0 radical (unpaired) electrons. The average Bonchev–Trinajstić information content (AvgIpc) is 2.50. The highest BCUT2D eigenvalue weighted by Crippen LogP contribution is 2.34. The Morgan fingerprint density at radius 3 is 2.46 bits per heavy atom. The summed E-state index contributed by atoms with van der Waals surface area (Å²) in [4.78, 5) is 11.8. The molecule has 3 nitrogen and oxygen atoms in total. The highest BCUT2D eigenvalue weighted by Gasteiger charge is 2.31. The minimum atomic E-state index is -4.55. The Morgan fingerprint density at radius 2 is 1.79 bits per heavy atom. The van der Waals surface area contributed by atoms with E-state index in [1.165, 1.54) is 6.07 Å². The normalized spacial score (nSPS) is 11.2. The zero-order valence-corrected chi connectivity index (χ0v) is 14.0. The first-order chi connectivity index (χ1) is 11.2. The van der Waals surface area contributed by atoms with Gasteiger partial charge in [0.25, 0.3) is 5.91 Å². The van der Waals surface area contributed by atoms with Crippen molar-refractivity contribution in [3.8, 4) is 5.75 Å². The van der Waals surface area contributed by atoms with Crippen molar-refractivity contribution in [1.82, 2.24) is 0 Å². The molecule has 0 aliphatic heterocycles. The summed E-state index contributed by atoms with van der Waals surface area (Å²) < 4.78 is 43.2. The molecular weight excluding hydrogens is 390 g/mol. The third kappa shape index (κ3) is 4.69. The number of hydrogen-bond acceptors (Lipinski definition) is 2. The molecule has 0 saturated heterocycles. The Morgan fingerprint density at radius 1 is 1.08 bits per heavy atom. The van der Waals surface area contributed by atoms with E-state index < -0.39 is 24.3 Å². The molecule has 0 aliphatic rings. The van der Waals surface area contributed by atoms with Crippen LogP contribution in [0.5, 0.6) is 5.75 Å². The SMILES string of the molecule is O=C(COc1cccc(Cl)c1Cl)Nc1cc(C(F)(F)F)ccc1Cl. The van der Waals surface area contributed by atoms with Crippen LogP contribution in [0, 0.1) is 0 Å². The Kier molecular flexibility index (Phi) is 5.85. The van der Waals surface area contributed by atoms with Crippen LogP contribution in [0.1, 0.15) is 5.56 Å². The molecule has 2 rings (SSSR count). The molecule has 9 heteroatoms. The van der Waals surface area contributed by atoms with Crippen LogP contribution in [0.15, 0.2) is 36.4 Å². The van der Waals surface area contributed by atoms with Crippen molar-refractivity contribution < 1.29 is 22.7 Å². The summed E-state index contributed by atoms with van der Waals surface area (Å²) in [5.41, 5.74) is -1.10. The Balaban J connectivity index is 2.06. The first kappa shape index (κ1) is 18.7. The largest absolute Gasteiger partial charge is 0.482 e. The van der Waals surface area contributed by atoms with E-state index in [0.717, 1.165) is 18.2 Å². The fraction of sp³-hybridized carbons (Fsp3) is 0.133. The van der Waals surface area contributed by atoms with Crippen LogP contribution in [0.2, 0.25) is 15.1 Å². The van der Waals surface area contributed by atoms with Crippen molar-refractivity contribution in [3.05, 3.63) is 57.0 Å². The maximum atomic E-state index is 12.7. The minimum absolute atomic E-state index is 0.0304. The van der Waals surface area contributed by atoms with Gasteiger partial charge >= 0.3 is 6.18 Å².